The normalized spacial score (nSPS) is 18.8. The SMILES string of the molecule is CCCCCC(CC(=O)OCC)C(=O)N[C@H](C(=O)N1CCC[C@H]1CO)C(C)C. The van der Waals surface area contributed by atoms with Gasteiger partial charge in [0.15, 0.2) is 0 Å². The number of nitrogens with one attached hydrogen (secondary N) is 1. The Balaban J connectivity index is 2.83. The van der Waals surface area contributed by atoms with Crippen molar-refractivity contribution in [3.8, 4) is 0 Å². The molecule has 1 aliphatic rings. The Morgan fingerprint density at radius 2 is 1.93 bits per heavy atom. The zero-order valence-electron chi connectivity index (χ0n) is 17.9. The number of likely N-dealkylation sites (tertiary alicyclic amines) is 1. The van der Waals surface area contributed by atoms with E-state index in [0.29, 0.717) is 13.0 Å². The molecule has 1 saturated heterocycles. The molecule has 0 radical (unpaired) electrons. The summed E-state index contributed by atoms with van der Waals surface area (Å²) in [6.45, 7) is 8.44. The number of hydrogen-bond donors (Lipinski definition) is 2. The minimum atomic E-state index is -0.657. The van der Waals surface area contributed by atoms with Crippen LogP contribution in [-0.2, 0) is 19.1 Å². The predicted octanol–water partition coefficient (Wildman–Crippen LogP) is 2.26. The van der Waals surface area contributed by atoms with Crippen LogP contribution in [0.5, 0.6) is 0 Å². The minimum absolute atomic E-state index is 0.0331. The Morgan fingerprint density at radius 1 is 1.21 bits per heavy atom. The molecule has 2 N–H and O–H groups in total. The molecule has 7 heteroatoms. The number of aliphatic hydroxyl groups is 1. The van der Waals surface area contributed by atoms with Crippen LogP contribution in [0.25, 0.3) is 0 Å². The quantitative estimate of drug-likeness (QED) is 0.388. The molecule has 0 spiro atoms. The van der Waals surface area contributed by atoms with E-state index in [0.717, 1.165) is 32.1 Å². The van der Waals surface area contributed by atoms with Crippen LogP contribution >= 0.6 is 0 Å². The first kappa shape index (κ1) is 24.4. The Labute approximate surface area is 169 Å². The van der Waals surface area contributed by atoms with Crippen LogP contribution in [0.2, 0.25) is 0 Å². The summed E-state index contributed by atoms with van der Waals surface area (Å²) in [6, 6.07) is -0.832. The highest BCUT2D eigenvalue weighted by atomic mass is 16.5. The topological polar surface area (TPSA) is 95.9 Å². The van der Waals surface area contributed by atoms with Gasteiger partial charge in [-0.25, -0.2) is 0 Å². The van der Waals surface area contributed by atoms with Crippen molar-refractivity contribution in [2.24, 2.45) is 11.8 Å². The van der Waals surface area contributed by atoms with Gasteiger partial charge < -0.3 is 20.1 Å². The molecule has 0 aromatic rings. The molecular formula is C21H38N2O5. The highest BCUT2D eigenvalue weighted by Gasteiger charge is 2.36. The highest BCUT2D eigenvalue weighted by molar-refractivity contribution is 5.90. The lowest BCUT2D eigenvalue weighted by Crippen LogP contribution is -2.54. The van der Waals surface area contributed by atoms with E-state index in [2.05, 4.69) is 12.2 Å². The van der Waals surface area contributed by atoms with E-state index < -0.39 is 12.0 Å². The van der Waals surface area contributed by atoms with Crippen molar-refractivity contribution >= 4 is 17.8 Å². The maximum absolute atomic E-state index is 13.0. The summed E-state index contributed by atoms with van der Waals surface area (Å²) in [5.41, 5.74) is 0. The lowest BCUT2D eigenvalue weighted by Gasteiger charge is -2.31. The molecule has 7 nitrogen and oxygen atoms in total. The number of nitrogens with zero attached hydrogens (tertiary/aromatic N) is 1. The number of carbonyl (C=O) groups excluding carboxylic acids is 3. The summed E-state index contributed by atoms with van der Waals surface area (Å²) in [6.07, 6.45) is 5.14. The molecule has 1 aliphatic heterocycles. The molecule has 1 rings (SSSR count). The first-order valence-corrected chi connectivity index (χ1v) is 10.7. The fraction of sp³-hybridized carbons (Fsp3) is 0.857. The highest BCUT2D eigenvalue weighted by Crippen LogP contribution is 2.21. The maximum atomic E-state index is 13.0. The fourth-order valence-corrected chi connectivity index (χ4v) is 3.67. The maximum Gasteiger partial charge on any atom is 0.306 e. The fourth-order valence-electron chi connectivity index (χ4n) is 3.67. The van der Waals surface area contributed by atoms with Crippen molar-refractivity contribution in [2.45, 2.75) is 84.7 Å². The summed E-state index contributed by atoms with van der Waals surface area (Å²) in [5, 5.41) is 12.4. The van der Waals surface area contributed by atoms with E-state index in [1.165, 1.54) is 0 Å². The van der Waals surface area contributed by atoms with E-state index in [4.69, 9.17) is 4.74 Å². The summed E-state index contributed by atoms with van der Waals surface area (Å²) in [4.78, 5) is 39.5. The summed E-state index contributed by atoms with van der Waals surface area (Å²) >= 11 is 0. The first-order valence-electron chi connectivity index (χ1n) is 10.7. The van der Waals surface area contributed by atoms with Gasteiger partial charge in [-0.2, -0.15) is 0 Å². The van der Waals surface area contributed by atoms with E-state index in [1.807, 2.05) is 13.8 Å². The summed E-state index contributed by atoms with van der Waals surface area (Å²) < 4.78 is 5.02. The van der Waals surface area contributed by atoms with Crippen LogP contribution in [0.1, 0.15) is 72.6 Å². The van der Waals surface area contributed by atoms with E-state index in [1.54, 1.807) is 11.8 Å². The first-order chi connectivity index (χ1) is 13.3. The Morgan fingerprint density at radius 3 is 2.50 bits per heavy atom. The van der Waals surface area contributed by atoms with Gasteiger partial charge in [0.25, 0.3) is 0 Å². The van der Waals surface area contributed by atoms with Gasteiger partial charge in [-0.15, -0.1) is 0 Å². The molecule has 162 valence electrons. The molecule has 3 atom stereocenters. The molecule has 1 fully saturated rings. The molecule has 2 amide bonds. The van der Waals surface area contributed by atoms with Gasteiger partial charge in [-0.3, -0.25) is 14.4 Å². The second-order valence-electron chi connectivity index (χ2n) is 7.94. The van der Waals surface area contributed by atoms with Crippen LogP contribution in [0.4, 0.5) is 0 Å². The standard InChI is InChI=1S/C21H38N2O5/c1-5-7-8-10-16(13-18(25)28-6-2)20(26)22-19(15(3)4)21(27)23-12-9-11-17(23)14-24/h15-17,19,24H,5-14H2,1-4H3,(H,22,26)/t16?,17-,19-/m0/s1. The molecule has 0 bridgehead atoms. The molecule has 0 aromatic carbocycles. The van der Waals surface area contributed by atoms with Gasteiger partial charge in [-0.1, -0.05) is 40.0 Å². The molecule has 0 aliphatic carbocycles. The van der Waals surface area contributed by atoms with Gasteiger partial charge in [0.1, 0.15) is 6.04 Å². The number of unbranched alkanes of at least 4 members (excludes halogenated alkanes) is 2. The van der Waals surface area contributed by atoms with E-state index in [9.17, 15) is 19.5 Å². The largest absolute Gasteiger partial charge is 0.466 e. The Bertz CT molecular complexity index is 509. The monoisotopic (exact) mass is 398 g/mol. The van der Waals surface area contributed by atoms with Crippen LogP contribution in [0.15, 0.2) is 0 Å². The summed E-state index contributed by atoms with van der Waals surface area (Å²) in [7, 11) is 0. The van der Waals surface area contributed by atoms with E-state index in [-0.39, 0.29) is 49.4 Å². The minimum Gasteiger partial charge on any atom is -0.466 e. The van der Waals surface area contributed by atoms with Crippen molar-refractivity contribution < 1.29 is 24.2 Å². The molecule has 1 unspecified atom stereocenters. The predicted molar refractivity (Wildman–Crippen MR) is 107 cm³/mol. The number of hydrogen-bond acceptors (Lipinski definition) is 5. The molecular weight excluding hydrogens is 360 g/mol. The van der Waals surface area contributed by atoms with Crippen LogP contribution in [0, 0.1) is 11.8 Å². The van der Waals surface area contributed by atoms with Gasteiger partial charge in [-0.05, 0) is 32.1 Å². The third-order valence-corrected chi connectivity index (χ3v) is 5.35. The summed E-state index contributed by atoms with van der Waals surface area (Å²) in [5.74, 6) is -1.38. The second kappa shape index (κ2) is 12.8. The van der Waals surface area contributed by atoms with Gasteiger partial charge in [0.05, 0.1) is 25.7 Å². The lowest BCUT2D eigenvalue weighted by atomic mass is 9.95. The number of amides is 2. The third-order valence-electron chi connectivity index (χ3n) is 5.35. The third kappa shape index (κ3) is 7.41. The Kier molecular flexibility index (Phi) is 11.1. The average molecular weight is 399 g/mol. The van der Waals surface area contributed by atoms with Crippen molar-refractivity contribution in [2.75, 3.05) is 19.8 Å². The number of ether oxygens (including phenoxy) is 1. The van der Waals surface area contributed by atoms with Crippen LogP contribution in [-0.4, -0.2) is 59.6 Å². The lowest BCUT2D eigenvalue weighted by molar-refractivity contribution is -0.147. The number of rotatable bonds is 12. The molecule has 0 aromatic heterocycles. The Hall–Kier alpha value is -1.63. The zero-order chi connectivity index (χ0) is 21.1. The second-order valence-corrected chi connectivity index (χ2v) is 7.94. The van der Waals surface area contributed by atoms with Crippen molar-refractivity contribution in [1.82, 2.24) is 10.2 Å². The number of aliphatic hydroxyl groups excluding tert-OH is 1. The van der Waals surface area contributed by atoms with Crippen LogP contribution in [0.3, 0.4) is 0 Å². The van der Waals surface area contributed by atoms with Crippen molar-refractivity contribution in [3.05, 3.63) is 0 Å². The number of esters is 1. The van der Waals surface area contributed by atoms with Crippen LogP contribution < -0.4 is 5.32 Å². The van der Waals surface area contributed by atoms with Gasteiger partial charge in [0.2, 0.25) is 11.8 Å². The molecule has 0 saturated carbocycles. The van der Waals surface area contributed by atoms with Crippen molar-refractivity contribution in [3.63, 3.8) is 0 Å². The van der Waals surface area contributed by atoms with Gasteiger partial charge >= 0.3 is 5.97 Å². The molecule has 28 heavy (non-hydrogen) atoms. The van der Waals surface area contributed by atoms with E-state index >= 15 is 0 Å². The number of carbonyl (C=O) groups is 3. The smallest absolute Gasteiger partial charge is 0.306 e. The van der Waals surface area contributed by atoms with Gasteiger partial charge in [0, 0.05) is 12.5 Å². The average Bonchev–Trinajstić information content (AvgIpc) is 3.13. The molecule has 1 heterocycles. The zero-order valence-corrected chi connectivity index (χ0v) is 17.9. The van der Waals surface area contributed by atoms with Crippen molar-refractivity contribution in [1.29, 1.82) is 0 Å².